The van der Waals surface area contributed by atoms with Gasteiger partial charge < -0.3 is 29.7 Å². The fourth-order valence-corrected chi connectivity index (χ4v) is 9.17. The molecule has 3 fully saturated rings. The lowest BCUT2D eigenvalue weighted by Crippen LogP contribution is -2.59. The third-order valence-electron chi connectivity index (χ3n) is 10.6. The molecule has 2 saturated carbocycles. The maximum Gasteiger partial charge on any atom is 0.408 e. The van der Waals surface area contributed by atoms with Gasteiger partial charge in [-0.1, -0.05) is 43.7 Å². The molecule has 1 aromatic heterocycles. The topological polar surface area (TPSA) is 182 Å². The number of nitrogens with one attached hydrogen (secondary N) is 3. The minimum absolute atomic E-state index is 0.00978. The summed E-state index contributed by atoms with van der Waals surface area (Å²) in [4.78, 5) is 62.0. The zero-order valence-corrected chi connectivity index (χ0v) is 33.1. The summed E-state index contributed by atoms with van der Waals surface area (Å²) in [6.07, 6.45) is 6.92. The summed E-state index contributed by atoms with van der Waals surface area (Å²) < 4.78 is 45.4. The maximum atomic E-state index is 14.7. The molecule has 7 atom stereocenters. The van der Waals surface area contributed by atoms with Crippen LogP contribution in [-0.4, -0.2) is 90.3 Å². The highest BCUT2D eigenvalue weighted by molar-refractivity contribution is 7.91. The minimum Gasteiger partial charge on any atom is -0.494 e. The Labute approximate surface area is 321 Å². The summed E-state index contributed by atoms with van der Waals surface area (Å²) in [7, 11) is -2.40. The number of hydrogen-bond acceptors (Lipinski definition) is 10. The number of pyridine rings is 1. The quantitative estimate of drug-likeness (QED) is 0.335. The standard InChI is InChI=1S/C38H50ClN5O9S/c1-21-10-7-8-11-23-18-38(23,35(47)43-54(49,50)25-14-15-25)42-32(45)28-17-24(52-33-26-12-9-13-27(39)30(26)29(51-6)19-40-33)20-44(28)34(46)31(22(2)16-21)41-36(48)53-37(3,4)5/h8-9,11-13,19,21-25,28,31H,7,10,14-18,20H2,1-6H3,(H,41,48)(H,42,45)(H,43,47)/b11-8-/t21-,22+,23+,24+,28-,31-,38+/m0/s1. The first-order valence-electron chi connectivity index (χ1n) is 18.5. The van der Waals surface area contributed by atoms with Crippen LogP contribution in [0.1, 0.15) is 79.6 Å². The van der Waals surface area contributed by atoms with Crippen molar-refractivity contribution in [3.63, 3.8) is 0 Å². The number of hydrogen-bond donors (Lipinski definition) is 3. The number of methoxy groups -OCH3 is 1. The van der Waals surface area contributed by atoms with Crippen molar-refractivity contribution in [1.82, 2.24) is 25.2 Å². The number of nitrogens with zero attached hydrogens (tertiary/aromatic N) is 2. The van der Waals surface area contributed by atoms with Gasteiger partial charge in [0.25, 0.3) is 5.91 Å². The van der Waals surface area contributed by atoms with Crippen LogP contribution in [0.5, 0.6) is 11.6 Å². The van der Waals surface area contributed by atoms with Crippen LogP contribution in [0.2, 0.25) is 5.02 Å². The summed E-state index contributed by atoms with van der Waals surface area (Å²) in [5, 5.41) is 6.60. The van der Waals surface area contributed by atoms with Gasteiger partial charge in [-0.25, -0.2) is 18.2 Å². The van der Waals surface area contributed by atoms with E-state index < -0.39 is 74.3 Å². The average Bonchev–Trinajstić information content (AvgIpc) is 4.01. The molecule has 2 aliphatic carbocycles. The lowest BCUT2D eigenvalue weighted by atomic mass is 9.88. The third-order valence-corrected chi connectivity index (χ3v) is 12.7. The van der Waals surface area contributed by atoms with Gasteiger partial charge in [0, 0.05) is 23.1 Å². The van der Waals surface area contributed by atoms with Crippen LogP contribution in [-0.2, 0) is 29.1 Å². The van der Waals surface area contributed by atoms with E-state index >= 15 is 0 Å². The lowest BCUT2D eigenvalue weighted by Gasteiger charge is -2.33. The van der Waals surface area contributed by atoms with E-state index in [1.807, 2.05) is 19.1 Å². The molecule has 6 rings (SSSR count). The Bertz CT molecular complexity index is 1950. The van der Waals surface area contributed by atoms with Gasteiger partial charge in [0.1, 0.15) is 35.1 Å². The van der Waals surface area contributed by atoms with Gasteiger partial charge in [0.2, 0.25) is 27.7 Å². The fraction of sp³-hybridized carbons (Fsp3) is 0.605. The van der Waals surface area contributed by atoms with E-state index in [0.29, 0.717) is 47.2 Å². The predicted octanol–water partition coefficient (Wildman–Crippen LogP) is 4.63. The van der Waals surface area contributed by atoms with Crippen molar-refractivity contribution in [2.24, 2.45) is 17.8 Å². The minimum atomic E-state index is -3.91. The first kappa shape index (κ1) is 39.6. The third kappa shape index (κ3) is 8.56. The van der Waals surface area contributed by atoms with Crippen LogP contribution < -0.4 is 24.8 Å². The Morgan fingerprint density at radius 2 is 1.85 bits per heavy atom. The maximum absolute atomic E-state index is 14.7. The van der Waals surface area contributed by atoms with Gasteiger partial charge in [-0.05, 0) is 83.3 Å². The number of carbonyl (C=O) groups excluding carboxylic acids is 4. The van der Waals surface area contributed by atoms with Crippen LogP contribution in [0.25, 0.3) is 10.8 Å². The van der Waals surface area contributed by atoms with Crippen molar-refractivity contribution in [3.05, 3.63) is 41.6 Å². The van der Waals surface area contributed by atoms with E-state index in [0.717, 1.165) is 6.42 Å². The molecule has 3 heterocycles. The Kier molecular flexibility index (Phi) is 11.1. The molecule has 0 unspecified atom stereocenters. The molecule has 2 aromatic rings. The van der Waals surface area contributed by atoms with Crippen LogP contribution >= 0.6 is 11.6 Å². The second-order valence-corrected chi connectivity index (χ2v) is 18.5. The van der Waals surface area contributed by atoms with Gasteiger partial charge in [0.05, 0.1) is 30.1 Å². The summed E-state index contributed by atoms with van der Waals surface area (Å²) in [5.74, 6) is -1.97. The molecule has 0 bridgehead atoms. The molecule has 2 aliphatic heterocycles. The number of aromatic nitrogens is 1. The molecule has 3 N–H and O–H groups in total. The van der Waals surface area contributed by atoms with Gasteiger partial charge in [0.15, 0.2) is 0 Å². The van der Waals surface area contributed by atoms with Gasteiger partial charge in [-0.2, -0.15) is 0 Å². The van der Waals surface area contributed by atoms with Crippen molar-refractivity contribution >= 4 is 56.2 Å². The Morgan fingerprint density at radius 3 is 2.54 bits per heavy atom. The van der Waals surface area contributed by atoms with Crippen molar-refractivity contribution in [1.29, 1.82) is 0 Å². The Morgan fingerprint density at radius 1 is 1.11 bits per heavy atom. The number of ether oxygens (including phenoxy) is 3. The van der Waals surface area contributed by atoms with E-state index in [1.54, 1.807) is 39.0 Å². The molecule has 294 valence electrons. The number of allylic oxidation sites excluding steroid dienone is 1. The van der Waals surface area contributed by atoms with Gasteiger partial charge in [-0.15, -0.1) is 0 Å². The molecule has 16 heteroatoms. The second kappa shape index (κ2) is 15.2. The van der Waals surface area contributed by atoms with E-state index in [-0.39, 0.29) is 37.1 Å². The molecule has 4 amide bonds. The number of amides is 4. The largest absolute Gasteiger partial charge is 0.494 e. The summed E-state index contributed by atoms with van der Waals surface area (Å²) >= 11 is 6.54. The van der Waals surface area contributed by atoms with Crippen LogP contribution in [0, 0.1) is 17.8 Å². The average molecular weight is 788 g/mol. The number of carbonyl (C=O) groups is 4. The number of fused-ring (bicyclic) bond motifs is 3. The van der Waals surface area contributed by atoms with Gasteiger partial charge >= 0.3 is 6.09 Å². The molecule has 54 heavy (non-hydrogen) atoms. The zero-order valence-electron chi connectivity index (χ0n) is 31.5. The van der Waals surface area contributed by atoms with Crippen molar-refractivity contribution in [2.75, 3.05) is 13.7 Å². The Balaban J connectivity index is 1.36. The normalized spacial score (nSPS) is 29.8. The van der Waals surface area contributed by atoms with Crippen molar-refractivity contribution < 1.29 is 41.8 Å². The van der Waals surface area contributed by atoms with Crippen LogP contribution in [0.3, 0.4) is 0 Å². The number of benzene rings is 1. The molecular weight excluding hydrogens is 738 g/mol. The Hall–Kier alpha value is -4.11. The van der Waals surface area contributed by atoms with Gasteiger partial charge in [-0.3, -0.25) is 19.1 Å². The lowest BCUT2D eigenvalue weighted by molar-refractivity contribution is -0.142. The number of sulfonamides is 1. The highest BCUT2D eigenvalue weighted by Gasteiger charge is 2.62. The number of alkyl carbamates (subject to hydrolysis) is 1. The summed E-state index contributed by atoms with van der Waals surface area (Å²) in [6, 6.07) is 3.03. The molecule has 1 aromatic carbocycles. The molecule has 4 aliphatic rings. The van der Waals surface area contributed by atoms with E-state index in [9.17, 15) is 27.6 Å². The first-order chi connectivity index (χ1) is 25.4. The molecule has 0 radical (unpaired) electrons. The van der Waals surface area contributed by atoms with Crippen LogP contribution in [0.4, 0.5) is 4.79 Å². The zero-order chi connectivity index (χ0) is 39.2. The number of rotatable bonds is 7. The van der Waals surface area contributed by atoms with Crippen LogP contribution in [0.15, 0.2) is 36.5 Å². The van der Waals surface area contributed by atoms with Crippen molar-refractivity contribution in [3.8, 4) is 11.6 Å². The smallest absolute Gasteiger partial charge is 0.408 e. The summed E-state index contributed by atoms with van der Waals surface area (Å²) in [5.41, 5.74) is -2.36. The van der Waals surface area contributed by atoms with E-state index in [2.05, 4.69) is 27.3 Å². The molecule has 0 spiro atoms. The molecule has 14 nitrogen and oxygen atoms in total. The fourth-order valence-electron chi connectivity index (χ4n) is 7.54. The molecular formula is C38H50ClN5O9S. The van der Waals surface area contributed by atoms with Crippen molar-refractivity contribution in [2.45, 2.75) is 114 Å². The van der Waals surface area contributed by atoms with E-state index in [4.69, 9.17) is 25.8 Å². The first-order valence-corrected chi connectivity index (χ1v) is 20.5. The predicted molar refractivity (Wildman–Crippen MR) is 201 cm³/mol. The SMILES string of the molecule is COc1cnc(O[C@@H]2C[C@H]3C(=O)N[C@]4(C(=O)NS(=O)(=O)C5CC5)C[C@H]4/C=C\CC[C@H](C)C[C@@H](C)[C@H](NC(=O)OC(C)(C)C)C(=O)N3C2)c2cccc(Cl)c12. The monoisotopic (exact) mass is 787 g/mol. The second-order valence-electron chi connectivity index (χ2n) is 16.2. The van der Waals surface area contributed by atoms with E-state index in [1.165, 1.54) is 18.2 Å². The highest BCUT2D eigenvalue weighted by Crippen LogP contribution is 2.46. The number of halogens is 1. The molecule has 1 saturated heterocycles. The highest BCUT2D eigenvalue weighted by atomic mass is 35.5. The summed E-state index contributed by atoms with van der Waals surface area (Å²) in [6.45, 7) is 9.08.